The van der Waals surface area contributed by atoms with Gasteiger partial charge in [-0.15, -0.1) is 0 Å². The van der Waals surface area contributed by atoms with Crippen molar-refractivity contribution in [1.82, 2.24) is 15.5 Å². The smallest absolute Gasteiger partial charge is 0.318 e. The van der Waals surface area contributed by atoms with E-state index in [1.807, 2.05) is 24.3 Å². The van der Waals surface area contributed by atoms with E-state index in [9.17, 15) is 9.59 Å². The van der Waals surface area contributed by atoms with Crippen molar-refractivity contribution < 1.29 is 9.59 Å². The average Bonchev–Trinajstić information content (AvgIpc) is 3.14. The predicted octanol–water partition coefficient (Wildman–Crippen LogP) is 2.62. The zero-order valence-corrected chi connectivity index (χ0v) is 16.0. The fraction of sp³-hybridized carbons (Fsp3) is 0.579. The third-order valence-corrected chi connectivity index (χ3v) is 5.41. The molecule has 2 aliphatic rings. The lowest BCUT2D eigenvalue weighted by molar-refractivity contribution is -0.123. The van der Waals surface area contributed by atoms with E-state index in [0.717, 1.165) is 31.6 Å². The molecule has 6 nitrogen and oxygen atoms in total. The van der Waals surface area contributed by atoms with Gasteiger partial charge in [-0.3, -0.25) is 4.79 Å². The van der Waals surface area contributed by atoms with E-state index in [2.05, 4.69) is 15.5 Å². The second-order valence-corrected chi connectivity index (χ2v) is 7.55. The van der Waals surface area contributed by atoms with E-state index in [4.69, 9.17) is 11.6 Å². The Kier molecular flexibility index (Phi) is 6.25. The normalized spacial score (nSPS) is 19.3. The highest BCUT2D eigenvalue weighted by molar-refractivity contribution is 6.30. The maximum atomic E-state index is 12.4. The third kappa shape index (κ3) is 4.81. The molecule has 1 aromatic carbocycles. The first-order valence-corrected chi connectivity index (χ1v) is 9.77. The second-order valence-electron chi connectivity index (χ2n) is 7.12. The summed E-state index contributed by atoms with van der Waals surface area (Å²) in [5, 5.41) is 6.56. The Morgan fingerprint density at radius 1 is 1.15 bits per heavy atom. The van der Waals surface area contributed by atoms with E-state index in [1.165, 1.54) is 12.8 Å². The highest BCUT2D eigenvalue weighted by atomic mass is 35.5. The molecule has 1 aliphatic heterocycles. The molecule has 0 aromatic heterocycles. The van der Waals surface area contributed by atoms with Gasteiger partial charge in [0.2, 0.25) is 5.91 Å². The topological polar surface area (TPSA) is 64.7 Å². The molecule has 1 heterocycles. The van der Waals surface area contributed by atoms with Crippen LogP contribution in [0.5, 0.6) is 0 Å². The molecule has 0 radical (unpaired) electrons. The van der Waals surface area contributed by atoms with Crippen molar-refractivity contribution in [3.8, 4) is 0 Å². The largest absolute Gasteiger partial charge is 0.368 e. The molecule has 142 valence electrons. The monoisotopic (exact) mass is 378 g/mol. The van der Waals surface area contributed by atoms with Gasteiger partial charge in [-0.2, -0.15) is 0 Å². The first-order valence-electron chi connectivity index (χ1n) is 9.39. The van der Waals surface area contributed by atoms with Gasteiger partial charge in [0.1, 0.15) is 6.04 Å². The Balaban J connectivity index is 1.45. The van der Waals surface area contributed by atoms with E-state index in [0.29, 0.717) is 18.1 Å². The van der Waals surface area contributed by atoms with Gasteiger partial charge in [0.15, 0.2) is 0 Å². The summed E-state index contributed by atoms with van der Waals surface area (Å²) >= 11 is 6.05. The summed E-state index contributed by atoms with van der Waals surface area (Å²) in [4.78, 5) is 28.6. The van der Waals surface area contributed by atoms with Gasteiger partial charge in [-0.25, -0.2) is 4.79 Å². The number of urea groups is 1. The molecular weight excluding hydrogens is 352 g/mol. The molecular formula is C19H27ClN4O2. The summed E-state index contributed by atoms with van der Waals surface area (Å²) in [6.07, 6.45) is 4.42. The zero-order chi connectivity index (χ0) is 18.5. The lowest BCUT2D eigenvalue weighted by atomic mass is 10.2. The van der Waals surface area contributed by atoms with Crippen molar-refractivity contribution in [3.05, 3.63) is 29.3 Å². The Labute approximate surface area is 159 Å². The van der Waals surface area contributed by atoms with Crippen LogP contribution in [-0.2, 0) is 4.79 Å². The number of rotatable bonds is 4. The summed E-state index contributed by atoms with van der Waals surface area (Å²) in [5.74, 6) is -0.0946. The van der Waals surface area contributed by atoms with Gasteiger partial charge >= 0.3 is 6.03 Å². The third-order valence-electron chi connectivity index (χ3n) is 5.18. The van der Waals surface area contributed by atoms with Crippen LogP contribution in [0.1, 0.15) is 32.6 Å². The molecule has 0 bridgehead atoms. The van der Waals surface area contributed by atoms with E-state index in [1.54, 1.807) is 11.8 Å². The first kappa shape index (κ1) is 18.8. The van der Waals surface area contributed by atoms with Crippen molar-refractivity contribution in [1.29, 1.82) is 0 Å². The Bertz CT molecular complexity index is 640. The number of piperazine rings is 1. The number of carbonyl (C=O) groups excluding carboxylic acids is 2. The molecule has 1 aliphatic carbocycles. The van der Waals surface area contributed by atoms with Crippen LogP contribution in [0.2, 0.25) is 5.02 Å². The number of anilines is 1. The second kappa shape index (κ2) is 8.62. The number of hydrogen-bond acceptors (Lipinski definition) is 3. The van der Waals surface area contributed by atoms with Crippen LogP contribution in [0.4, 0.5) is 10.5 Å². The number of halogens is 1. The highest BCUT2D eigenvalue weighted by Crippen LogP contribution is 2.21. The molecule has 0 spiro atoms. The standard InChI is InChI=1S/C19H27ClN4O2/c1-14(18(25)22-16-6-2-3-7-16)21-19(26)24-11-9-23(10-12-24)17-8-4-5-15(20)13-17/h4-5,8,13-14,16H,2-3,6-7,9-12H2,1H3,(H,21,26)(H,22,25). The Morgan fingerprint density at radius 3 is 2.50 bits per heavy atom. The van der Waals surface area contributed by atoms with Crippen molar-refractivity contribution in [2.24, 2.45) is 0 Å². The van der Waals surface area contributed by atoms with Crippen LogP contribution in [0.3, 0.4) is 0 Å². The molecule has 1 unspecified atom stereocenters. The predicted molar refractivity (Wildman–Crippen MR) is 104 cm³/mol. The van der Waals surface area contributed by atoms with E-state index in [-0.39, 0.29) is 18.0 Å². The number of benzene rings is 1. The minimum atomic E-state index is -0.519. The molecule has 26 heavy (non-hydrogen) atoms. The molecule has 2 fully saturated rings. The number of carbonyl (C=O) groups is 2. The summed E-state index contributed by atoms with van der Waals surface area (Å²) in [7, 11) is 0. The Hall–Kier alpha value is -1.95. The van der Waals surface area contributed by atoms with E-state index < -0.39 is 6.04 Å². The van der Waals surface area contributed by atoms with Crippen molar-refractivity contribution in [2.45, 2.75) is 44.7 Å². The summed E-state index contributed by atoms with van der Waals surface area (Å²) in [6, 6.07) is 7.32. The summed E-state index contributed by atoms with van der Waals surface area (Å²) in [6.45, 7) is 4.47. The van der Waals surface area contributed by atoms with Gasteiger partial charge in [0, 0.05) is 42.9 Å². The van der Waals surface area contributed by atoms with Crippen LogP contribution < -0.4 is 15.5 Å². The van der Waals surface area contributed by atoms with Gasteiger partial charge in [0.05, 0.1) is 0 Å². The van der Waals surface area contributed by atoms with Crippen molar-refractivity contribution >= 4 is 29.2 Å². The fourth-order valence-electron chi connectivity index (χ4n) is 3.58. The molecule has 1 saturated heterocycles. The summed E-state index contributed by atoms with van der Waals surface area (Å²) in [5.41, 5.74) is 1.07. The number of amides is 3. The van der Waals surface area contributed by atoms with Crippen LogP contribution in [0.15, 0.2) is 24.3 Å². The molecule has 2 N–H and O–H groups in total. The van der Waals surface area contributed by atoms with Crippen LogP contribution in [-0.4, -0.2) is 55.1 Å². The van der Waals surface area contributed by atoms with Gasteiger partial charge in [0.25, 0.3) is 0 Å². The lowest BCUT2D eigenvalue weighted by Crippen LogP contribution is -2.55. The maximum Gasteiger partial charge on any atom is 0.318 e. The van der Waals surface area contributed by atoms with Gasteiger partial charge in [-0.1, -0.05) is 30.5 Å². The lowest BCUT2D eigenvalue weighted by Gasteiger charge is -2.36. The quantitative estimate of drug-likeness (QED) is 0.846. The molecule has 1 aromatic rings. The molecule has 1 saturated carbocycles. The number of nitrogens with one attached hydrogen (secondary N) is 2. The summed E-state index contributed by atoms with van der Waals surface area (Å²) < 4.78 is 0. The van der Waals surface area contributed by atoms with Crippen LogP contribution >= 0.6 is 11.6 Å². The molecule has 1 atom stereocenters. The minimum absolute atomic E-state index is 0.0946. The fourth-order valence-corrected chi connectivity index (χ4v) is 3.76. The maximum absolute atomic E-state index is 12.4. The average molecular weight is 379 g/mol. The van der Waals surface area contributed by atoms with E-state index >= 15 is 0 Å². The van der Waals surface area contributed by atoms with Crippen LogP contribution in [0.25, 0.3) is 0 Å². The first-order chi connectivity index (χ1) is 12.5. The Morgan fingerprint density at radius 2 is 1.85 bits per heavy atom. The van der Waals surface area contributed by atoms with Crippen molar-refractivity contribution in [3.63, 3.8) is 0 Å². The molecule has 3 rings (SSSR count). The SMILES string of the molecule is CC(NC(=O)N1CCN(c2cccc(Cl)c2)CC1)C(=O)NC1CCCC1. The molecule has 3 amide bonds. The number of nitrogens with zero attached hydrogens (tertiary/aromatic N) is 2. The minimum Gasteiger partial charge on any atom is -0.368 e. The van der Waals surface area contributed by atoms with Gasteiger partial charge < -0.3 is 20.4 Å². The number of hydrogen-bond donors (Lipinski definition) is 2. The van der Waals surface area contributed by atoms with Crippen molar-refractivity contribution in [2.75, 3.05) is 31.1 Å². The molecule has 7 heteroatoms. The van der Waals surface area contributed by atoms with Crippen LogP contribution in [0, 0.1) is 0 Å². The van der Waals surface area contributed by atoms with Gasteiger partial charge in [-0.05, 0) is 38.0 Å². The zero-order valence-electron chi connectivity index (χ0n) is 15.2. The highest BCUT2D eigenvalue weighted by Gasteiger charge is 2.25.